The lowest BCUT2D eigenvalue weighted by Gasteiger charge is -2.18. The molecule has 0 saturated carbocycles. The van der Waals surface area contributed by atoms with Crippen molar-refractivity contribution in [2.75, 3.05) is 6.54 Å². The summed E-state index contributed by atoms with van der Waals surface area (Å²) >= 11 is 3.00. The van der Waals surface area contributed by atoms with E-state index in [1.54, 1.807) is 6.26 Å². The zero-order valence-electron chi connectivity index (χ0n) is 23.0. The number of thiazole rings is 1. The predicted octanol–water partition coefficient (Wildman–Crippen LogP) is 7.54. The van der Waals surface area contributed by atoms with Crippen LogP contribution in [-0.4, -0.2) is 32.2 Å². The molecular weight excluding hydrogens is 563 g/mol. The Morgan fingerprint density at radius 2 is 1.64 bits per heavy atom. The first-order valence-electron chi connectivity index (χ1n) is 13.7. The monoisotopic (exact) mass is 591 g/mol. The summed E-state index contributed by atoms with van der Waals surface area (Å²) in [5.41, 5.74) is 4.99. The van der Waals surface area contributed by atoms with Crippen molar-refractivity contribution in [2.24, 2.45) is 0 Å². The number of benzene rings is 3. The number of amides is 1. The zero-order chi connectivity index (χ0) is 28.7. The molecule has 3 heterocycles. The molecule has 0 unspecified atom stereocenters. The standard InChI is InChI=1S/C33H29N5O2S2/c1-23-11-8-9-16-28(23)38-31(29-17-10-20-40-29)36-37-33(38)42-22-30-35-27(21-41-30)32(39)34-19-18-26(24-12-4-2-5-13-24)25-14-6-3-7-15-25/h2-17,20-21,26H,18-19,22H2,1H3,(H,34,39). The van der Waals surface area contributed by atoms with Gasteiger partial charge in [0.1, 0.15) is 10.7 Å². The molecule has 0 spiro atoms. The summed E-state index contributed by atoms with van der Waals surface area (Å²) in [5.74, 6) is 1.88. The first-order chi connectivity index (χ1) is 20.7. The van der Waals surface area contributed by atoms with E-state index in [0.717, 1.165) is 27.8 Å². The molecule has 210 valence electrons. The van der Waals surface area contributed by atoms with Gasteiger partial charge in [-0.2, -0.15) is 0 Å². The van der Waals surface area contributed by atoms with Crippen LogP contribution in [0.3, 0.4) is 0 Å². The number of hydrogen-bond donors (Lipinski definition) is 1. The van der Waals surface area contributed by atoms with Crippen LogP contribution < -0.4 is 5.32 Å². The van der Waals surface area contributed by atoms with Gasteiger partial charge in [-0.1, -0.05) is 90.6 Å². The maximum Gasteiger partial charge on any atom is 0.270 e. The largest absolute Gasteiger partial charge is 0.461 e. The molecule has 1 amide bonds. The van der Waals surface area contributed by atoms with Crippen LogP contribution in [0.15, 0.2) is 118 Å². The van der Waals surface area contributed by atoms with Gasteiger partial charge in [0.15, 0.2) is 10.9 Å². The third-order valence-corrected chi connectivity index (χ3v) is 8.93. The van der Waals surface area contributed by atoms with E-state index in [4.69, 9.17) is 4.42 Å². The van der Waals surface area contributed by atoms with Crippen LogP contribution in [0.1, 0.15) is 44.5 Å². The lowest BCUT2D eigenvalue weighted by molar-refractivity contribution is 0.0948. The van der Waals surface area contributed by atoms with Gasteiger partial charge in [-0.05, 0) is 48.2 Å². The normalized spacial score (nSPS) is 11.2. The highest BCUT2D eigenvalue weighted by molar-refractivity contribution is 7.98. The summed E-state index contributed by atoms with van der Waals surface area (Å²) in [6, 6.07) is 32.7. The molecule has 3 aromatic heterocycles. The Morgan fingerprint density at radius 1 is 0.929 bits per heavy atom. The smallest absolute Gasteiger partial charge is 0.270 e. The quantitative estimate of drug-likeness (QED) is 0.157. The first kappa shape index (κ1) is 27.7. The van der Waals surface area contributed by atoms with Crippen molar-refractivity contribution < 1.29 is 9.21 Å². The van der Waals surface area contributed by atoms with Gasteiger partial charge >= 0.3 is 0 Å². The molecule has 3 aromatic carbocycles. The lowest BCUT2D eigenvalue weighted by Crippen LogP contribution is -2.26. The van der Waals surface area contributed by atoms with Crippen LogP contribution in [-0.2, 0) is 5.75 Å². The predicted molar refractivity (Wildman–Crippen MR) is 167 cm³/mol. The number of hydrogen-bond acceptors (Lipinski definition) is 7. The Hall–Kier alpha value is -4.47. The van der Waals surface area contributed by atoms with Gasteiger partial charge in [0.2, 0.25) is 5.82 Å². The Balaban J connectivity index is 1.11. The number of furan rings is 1. The van der Waals surface area contributed by atoms with Crippen LogP contribution >= 0.6 is 23.1 Å². The van der Waals surface area contributed by atoms with E-state index < -0.39 is 0 Å². The van der Waals surface area contributed by atoms with Crippen molar-refractivity contribution in [1.82, 2.24) is 25.1 Å². The molecule has 0 saturated heterocycles. The van der Waals surface area contributed by atoms with Gasteiger partial charge < -0.3 is 9.73 Å². The Bertz CT molecular complexity index is 1710. The summed E-state index contributed by atoms with van der Waals surface area (Å²) in [5, 5.41) is 15.4. The Kier molecular flexibility index (Phi) is 8.58. The highest BCUT2D eigenvalue weighted by Gasteiger charge is 2.20. The second kappa shape index (κ2) is 13.0. The number of aromatic nitrogens is 4. The van der Waals surface area contributed by atoms with E-state index >= 15 is 0 Å². The zero-order valence-corrected chi connectivity index (χ0v) is 24.6. The number of thioether (sulfide) groups is 1. The summed E-state index contributed by atoms with van der Waals surface area (Å²) in [6.07, 6.45) is 2.42. The van der Waals surface area contributed by atoms with Crippen LogP contribution in [0.4, 0.5) is 0 Å². The number of rotatable bonds is 11. The van der Waals surface area contributed by atoms with Gasteiger partial charge in [0.05, 0.1) is 17.7 Å². The van der Waals surface area contributed by atoms with Gasteiger partial charge in [-0.25, -0.2) is 4.98 Å². The molecule has 0 atom stereocenters. The first-order valence-corrected chi connectivity index (χ1v) is 15.5. The molecule has 0 aliphatic carbocycles. The molecule has 7 nitrogen and oxygen atoms in total. The van der Waals surface area contributed by atoms with E-state index in [1.165, 1.54) is 34.2 Å². The fourth-order valence-corrected chi connectivity index (χ4v) is 6.62. The molecule has 6 aromatic rings. The molecule has 6 rings (SSSR count). The summed E-state index contributed by atoms with van der Waals surface area (Å²) in [4.78, 5) is 17.6. The van der Waals surface area contributed by atoms with Crippen molar-refractivity contribution in [2.45, 2.75) is 30.2 Å². The van der Waals surface area contributed by atoms with Gasteiger partial charge in [0, 0.05) is 17.8 Å². The number of aryl methyl sites for hydroxylation is 1. The number of para-hydroxylation sites is 1. The Labute approximate surface area is 252 Å². The van der Waals surface area contributed by atoms with E-state index in [0.29, 0.717) is 29.6 Å². The average molecular weight is 592 g/mol. The topological polar surface area (TPSA) is 85.8 Å². The third-order valence-electron chi connectivity index (χ3n) is 6.96. The number of carbonyl (C=O) groups is 1. The number of carbonyl (C=O) groups excluding carboxylic acids is 1. The van der Waals surface area contributed by atoms with Crippen LogP contribution in [0, 0.1) is 6.92 Å². The molecular formula is C33H29N5O2S2. The summed E-state index contributed by atoms with van der Waals surface area (Å²) < 4.78 is 7.65. The highest BCUT2D eigenvalue weighted by atomic mass is 32.2. The molecule has 0 aliphatic heterocycles. The maximum absolute atomic E-state index is 13.0. The molecule has 0 aliphatic rings. The second-order valence-electron chi connectivity index (χ2n) is 9.74. The fourth-order valence-electron chi connectivity index (χ4n) is 4.89. The van der Waals surface area contributed by atoms with Crippen LogP contribution in [0.5, 0.6) is 0 Å². The van der Waals surface area contributed by atoms with Crippen molar-refractivity contribution in [3.05, 3.63) is 136 Å². The van der Waals surface area contributed by atoms with Crippen LogP contribution in [0.2, 0.25) is 0 Å². The average Bonchev–Trinajstić information content (AvgIpc) is 3.81. The van der Waals surface area contributed by atoms with E-state index in [1.807, 2.05) is 52.4 Å². The van der Waals surface area contributed by atoms with E-state index in [-0.39, 0.29) is 11.8 Å². The molecule has 0 bridgehead atoms. The van der Waals surface area contributed by atoms with Gasteiger partial charge in [0.25, 0.3) is 5.91 Å². The molecule has 42 heavy (non-hydrogen) atoms. The number of nitrogens with one attached hydrogen (secondary N) is 1. The summed E-state index contributed by atoms with van der Waals surface area (Å²) in [7, 11) is 0. The second-order valence-corrected chi connectivity index (χ2v) is 11.6. The van der Waals surface area contributed by atoms with Crippen molar-refractivity contribution in [3.63, 3.8) is 0 Å². The lowest BCUT2D eigenvalue weighted by atomic mass is 9.88. The molecule has 0 fully saturated rings. The number of nitrogens with zero attached hydrogens (tertiary/aromatic N) is 4. The molecule has 1 N–H and O–H groups in total. The maximum atomic E-state index is 13.0. The van der Waals surface area contributed by atoms with Crippen molar-refractivity contribution in [3.8, 4) is 17.3 Å². The van der Waals surface area contributed by atoms with Crippen molar-refractivity contribution in [1.29, 1.82) is 0 Å². The minimum atomic E-state index is -0.162. The third kappa shape index (κ3) is 6.22. The van der Waals surface area contributed by atoms with E-state index in [2.05, 4.69) is 82.0 Å². The van der Waals surface area contributed by atoms with Gasteiger partial charge in [-0.15, -0.1) is 21.5 Å². The minimum Gasteiger partial charge on any atom is -0.461 e. The minimum absolute atomic E-state index is 0.162. The Morgan fingerprint density at radius 3 is 2.33 bits per heavy atom. The molecule has 0 radical (unpaired) electrons. The fraction of sp³-hybridized carbons (Fsp3) is 0.152. The summed E-state index contributed by atoms with van der Waals surface area (Å²) in [6.45, 7) is 2.60. The highest BCUT2D eigenvalue weighted by Crippen LogP contribution is 2.32. The van der Waals surface area contributed by atoms with E-state index in [9.17, 15) is 4.79 Å². The van der Waals surface area contributed by atoms with Crippen LogP contribution in [0.25, 0.3) is 17.3 Å². The van der Waals surface area contributed by atoms with Gasteiger partial charge in [-0.3, -0.25) is 9.36 Å². The van der Waals surface area contributed by atoms with Crippen molar-refractivity contribution >= 4 is 29.0 Å². The molecule has 9 heteroatoms. The SMILES string of the molecule is Cc1ccccc1-n1c(SCc2nc(C(=O)NCCC(c3ccccc3)c3ccccc3)cs2)nnc1-c1ccco1.